The number of hydrogen-bond donors (Lipinski definition) is 1. The van der Waals surface area contributed by atoms with Crippen molar-refractivity contribution in [2.24, 2.45) is 0 Å². The van der Waals surface area contributed by atoms with Crippen LogP contribution in [0.2, 0.25) is 0 Å². The largest absolute Gasteiger partial charge is 0.492 e. The van der Waals surface area contributed by atoms with Gasteiger partial charge in [-0.3, -0.25) is 0 Å². The minimum absolute atomic E-state index is 0.168. The lowest BCUT2D eigenvalue weighted by atomic mass is 9.77. The molecule has 0 saturated carbocycles. The predicted octanol–water partition coefficient (Wildman–Crippen LogP) is 3.64. The van der Waals surface area contributed by atoms with Crippen molar-refractivity contribution in [1.29, 1.82) is 0 Å². The average Bonchev–Trinajstić information content (AvgIpc) is 2.84. The lowest BCUT2D eigenvalue weighted by Gasteiger charge is -2.32. The highest BCUT2D eigenvalue weighted by Gasteiger charge is 2.52. The number of rotatable bonds is 6. The van der Waals surface area contributed by atoms with Crippen molar-refractivity contribution in [2.75, 3.05) is 20.8 Å². The van der Waals surface area contributed by atoms with E-state index in [4.69, 9.17) is 23.5 Å². The lowest BCUT2D eigenvalue weighted by molar-refractivity contribution is 0.00578. The van der Waals surface area contributed by atoms with Crippen molar-refractivity contribution in [1.82, 2.24) is 10.3 Å². The number of carbonyl (C=O) groups is 1. The van der Waals surface area contributed by atoms with Gasteiger partial charge in [0.05, 0.1) is 25.4 Å². The highest BCUT2D eigenvalue weighted by molar-refractivity contribution is 6.56. The van der Waals surface area contributed by atoms with E-state index in [0.717, 1.165) is 0 Å². The van der Waals surface area contributed by atoms with E-state index in [-0.39, 0.29) is 6.54 Å². The zero-order valence-corrected chi connectivity index (χ0v) is 19.4. The summed E-state index contributed by atoms with van der Waals surface area (Å²) in [7, 11) is 2.42. The van der Waals surface area contributed by atoms with Crippen molar-refractivity contribution < 1.29 is 28.3 Å². The normalized spacial score (nSPS) is 18.2. The minimum Gasteiger partial charge on any atom is -0.481 e. The summed E-state index contributed by atoms with van der Waals surface area (Å²) in [6, 6.07) is 3.56. The highest BCUT2D eigenvalue weighted by atomic mass is 16.7. The Balaban J connectivity index is 2.34. The third-order valence-corrected chi connectivity index (χ3v) is 5.00. The molecular formula is C21H33BN2O6. The first-order chi connectivity index (χ1) is 13.8. The molecule has 9 heteroatoms. The van der Waals surface area contributed by atoms with Crippen molar-refractivity contribution in [3.8, 4) is 11.8 Å². The number of nitrogens with zero attached hydrogens (tertiary/aromatic N) is 1. The smallest absolute Gasteiger partial charge is 0.481 e. The van der Waals surface area contributed by atoms with Gasteiger partial charge in [-0.2, -0.15) is 4.98 Å². The molecule has 0 aromatic carbocycles. The first kappa shape index (κ1) is 24.0. The van der Waals surface area contributed by atoms with Gasteiger partial charge in [-0.25, -0.2) is 4.79 Å². The SMILES string of the molecule is COc1ccc(C=C(CNC(=O)OC(C)(C)C)B2OC(C)(C)C(C)(C)O2)c(OC)n1. The molecule has 1 aliphatic rings. The van der Waals surface area contributed by atoms with E-state index < -0.39 is 30.0 Å². The highest BCUT2D eigenvalue weighted by Crippen LogP contribution is 2.39. The summed E-state index contributed by atoms with van der Waals surface area (Å²) in [5.41, 5.74) is -0.240. The van der Waals surface area contributed by atoms with E-state index in [2.05, 4.69) is 10.3 Å². The molecule has 0 bridgehead atoms. The summed E-state index contributed by atoms with van der Waals surface area (Å²) in [6.45, 7) is 13.5. The van der Waals surface area contributed by atoms with Crippen LogP contribution in [0.15, 0.2) is 17.6 Å². The van der Waals surface area contributed by atoms with Gasteiger partial charge in [-0.05, 0) is 60.0 Å². The number of nitrogens with one attached hydrogen (secondary N) is 1. The fraction of sp³-hybridized carbons (Fsp3) is 0.619. The maximum absolute atomic E-state index is 12.2. The number of amides is 1. The van der Waals surface area contributed by atoms with E-state index >= 15 is 0 Å². The number of aromatic nitrogens is 1. The predicted molar refractivity (Wildman–Crippen MR) is 116 cm³/mol. The third kappa shape index (κ3) is 5.89. The van der Waals surface area contributed by atoms with E-state index in [1.54, 1.807) is 6.07 Å². The van der Waals surface area contributed by atoms with E-state index in [1.165, 1.54) is 14.2 Å². The maximum Gasteiger partial charge on any atom is 0.492 e. The van der Waals surface area contributed by atoms with Crippen LogP contribution in [0.1, 0.15) is 54.0 Å². The number of carbonyl (C=O) groups excluding carboxylic acids is 1. The fourth-order valence-corrected chi connectivity index (χ4v) is 2.71. The first-order valence-electron chi connectivity index (χ1n) is 9.90. The molecule has 1 aromatic heterocycles. The average molecular weight is 420 g/mol. The van der Waals surface area contributed by atoms with Gasteiger partial charge in [-0.15, -0.1) is 0 Å². The summed E-state index contributed by atoms with van der Waals surface area (Å²) in [6.07, 6.45) is 1.31. The monoisotopic (exact) mass is 420 g/mol. The molecule has 1 N–H and O–H groups in total. The molecule has 1 aromatic rings. The van der Waals surface area contributed by atoms with Crippen LogP contribution in [0.4, 0.5) is 4.79 Å². The molecule has 2 rings (SSSR count). The van der Waals surface area contributed by atoms with E-state index in [1.807, 2.05) is 60.6 Å². The van der Waals surface area contributed by atoms with Crippen LogP contribution in [-0.2, 0) is 14.0 Å². The molecule has 1 aliphatic heterocycles. The van der Waals surface area contributed by atoms with Gasteiger partial charge >= 0.3 is 13.2 Å². The van der Waals surface area contributed by atoms with E-state index in [0.29, 0.717) is 22.8 Å². The van der Waals surface area contributed by atoms with Gasteiger partial charge in [0.15, 0.2) is 0 Å². The summed E-state index contributed by atoms with van der Waals surface area (Å²) in [5, 5.41) is 2.78. The molecule has 1 amide bonds. The lowest BCUT2D eigenvalue weighted by Crippen LogP contribution is -2.41. The van der Waals surface area contributed by atoms with Gasteiger partial charge in [0.25, 0.3) is 0 Å². The van der Waals surface area contributed by atoms with Crippen molar-refractivity contribution in [2.45, 2.75) is 65.3 Å². The summed E-state index contributed by atoms with van der Waals surface area (Å²) >= 11 is 0. The van der Waals surface area contributed by atoms with Crippen molar-refractivity contribution >= 4 is 19.3 Å². The Morgan fingerprint density at radius 2 is 1.73 bits per heavy atom. The van der Waals surface area contributed by atoms with Crippen LogP contribution >= 0.6 is 0 Å². The Labute approximate surface area is 179 Å². The van der Waals surface area contributed by atoms with Gasteiger partial charge in [0, 0.05) is 18.2 Å². The topological polar surface area (TPSA) is 88.1 Å². The molecule has 0 atom stereocenters. The molecule has 0 radical (unpaired) electrons. The molecule has 0 spiro atoms. The summed E-state index contributed by atoms with van der Waals surface area (Å²) in [4.78, 5) is 16.5. The Kier molecular flexibility index (Phi) is 7.09. The zero-order valence-electron chi connectivity index (χ0n) is 19.4. The molecule has 30 heavy (non-hydrogen) atoms. The van der Waals surface area contributed by atoms with Gasteiger partial charge < -0.3 is 28.8 Å². The molecule has 166 valence electrons. The second-order valence-electron chi connectivity index (χ2n) is 9.12. The molecule has 0 unspecified atom stereocenters. The van der Waals surface area contributed by atoms with Crippen LogP contribution in [-0.4, -0.2) is 55.8 Å². The minimum atomic E-state index is -0.656. The Hall–Kier alpha value is -2.26. The quantitative estimate of drug-likeness (QED) is 0.703. The standard InChI is InChI=1S/C21H33BN2O6/c1-19(2,3)28-18(25)23-13-15(22-29-20(4,5)21(6,7)30-22)12-14-10-11-16(26-8)24-17(14)27-9/h10-12H,13H2,1-9H3,(H,23,25). The van der Waals surface area contributed by atoms with Crippen LogP contribution in [0.25, 0.3) is 6.08 Å². The third-order valence-electron chi connectivity index (χ3n) is 5.00. The van der Waals surface area contributed by atoms with Crippen molar-refractivity contribution in [3.05, 3.63) is 23.2 Å². The first-order valence-corrected chi connectivity index (χ1v) is 9.90. The Morgan fingerprint density at radius 1 is 1.13 bits per heavy atom. The summed E-state index contributed by atoms with van der Waals surface area (Å²) in [5.74, 6) is 0.827. The Bertz CT molecular complexity index is 785. The number of ether oxygens (including phenoxy) is 3. The van der Waals surface area contributed by atoms with Crippen LogP contribution in [0.3, 0.4) is 0 Å². The Morgan fingerprint density at radius 3 is 2.23 bits per heavy atom. The second kappa shape index (κ2) is 8.85. The second-order valence-corrected chi connectivity index (χ2v) is 9.12. The number of hydrogen-bond acceptors (Lipinski definition) is 7. The molecule has 1 fully saturated rings. The zero-order chi connectivity index (χ0) is 22.7. The van der Waals surface area contributed by atoms with Gasteiger partial charge in [0.1, 0.15) is 5.60 Å². The molecule has 0 aliphatic carbocycles. The molecule has 8 nitrogen and oxygen atoms in total. The number of alkyl carbamates (subject to hydrolysis) is 1. The number of methoxy groups -OCH3 is 2. The molecule has 2 heterocycles. The van der Waals surface area contributed by atoms with Gasteiger partial charge in [0.2, 0.25) is 11.8 Å². The molecule has 1 saturated heterocycles. The number of pyridine rings is 1. The van der Waals surface area contributed by atoms with Gasteiger partial charge in [-0.1, -0.05) is 6.08 Å². The van der Waals surface area contributed by atoms with Crippen LogP contribution in [0.5, 0.6) is 11.8 Å². The van der Waals surface area contributed by atoms with E-state index in [9.17, 15) is 4.79 Å². The van der Waals surface area contributed by atoms with Crippen LogP contribution in [0, 0.1) is 0 Å². The van der Waals surface area contributed by atoms with Crippen molar-refractivity contribution in [3.63, 3.8) is 0 Å². The van der Waals surface area contributed by atoms with Crippen LogP contribution < -0.4 is 14.8 Å². The molecular weight excluding hydrogens is 387 g/mol. The summed E-state index contributed by atoms with van der Waals surface area (Å²) < 4.78 is 28.3. The fourth-order valence-electron chi connectivity index (χ4n) is 2.71. The maximum atomic E-state index is 12.2.